The van der Waals surface area contributed by atoms with Crippen molar-refractivity contribution in [1.82, 2.24) is 14.8 Å². The zero-order valence-corrected chi connectivity index (χ0v) is 18.7. The van der Waals surface area contributed by atoms with E-state index >= 15 is 0 Å². The summed E-state index contributed by atoms with van der Waals surface area (Å²) >= 11 is 1.31. The Bertz CT molecular complexity index is 1220. The van der Waals surface area contributed by atoms with E-state index in [4.69, 9.17) is 0 Å². The molecule has 3 aromatic rings. The average molecular weight is 451 g/mol. The Morgan fingerprint density at radius 2 is 2.00 bits per heavy atom. The summed E-state index contributed by atoms with van der Waals surface area (Å²) in [6.45, 7) is 5.64. The van der Waals surface area contributed by atoms with Gasteiger partial charge in [0, 0.05) is 30.2 Å². The van der Waals surface area contributed by atoms with Crippen molar-refractivity contribution in [3.05, 3.63) is 58.7 Å². The number of aryl methyl sites for hydroxylation is 1. The highest BCUT2D eigenvalue weighted by Gasteiger charge is 2.18. The lowest BCUT2D eigenvalue weighted by molar-refractivity contribution is -0.112. The number of carbonyl (C=O) groups is 1. The second-order valence-corrected chi connectivity index (χ2v) is 8.66. The number of nitriles is 1. The maximum absolute atomic E-state index is 13.7. The van der Waals surface area contributed by atoms with Crippen LogP contribution in [-0.2, 0) is 4.79 Å². The van der Waals surface area contributed by atoms with Crippen LogP contribution >= 0.6 is 11.3 Å². The highest BCUT2D eigenvalue weighted by molar-refractivity contribution is 7.19. The highest BCUT2D eigenvalue weighted by atomic mass is 32.1. The fourth-order valence-corrected chi connectivity index (χ4v) is 4.69. The summed E-state index contributed by atoms with van der Waals surface area (Å²) < 4.78 is 15.6. The monoisotopic (exact) mass is 450 g/mol. The third-order valence-electron chi connectivity index (χ3n) is 5.46. The van der Waals surface area contributed by atoms with Crippen LogP contribution in [0.15, 0.2) is 35.9 Å². The van der Waals surface area contributed by atoms with Crippen LogP contribution in [0, 0.1) is 31.0 Å². The van der Waals surface area contributed by atoms with Crippen LogP contribution in [0.5, 0.6) is 0 Å². The molecule has 2 aromatic heterocycles. The minimum absolute atomic E-state index is 0.0424. The molecular formula is C23H23FN6OS. The molecule has 1 fully saturated rings. The van der Waals surface area contributed by atoms with Gasteiger partial charge in [0.1, 0.15) is 17.5 Å². The number of piperidine rings is 1. The summed E-state index contributed by atoms with van der Waals surface area (Å²) in [6.07, 6.45) is 5.00. The standard InChI is InChI=1S/C23H23FN6OS/c1-15-11-17(16(2)30(15)20-8-6-7-19(24)13-20)12-18(14-25)21(31)26-22-27-28-23(32-22)29-9-4-3-5-10-29/h6-8,11-13H,3-5,9-10H2,1-2H3,(H,26,27,31)/b18-12-. The molecular weight excluding hydrogens is 427 g/mol. The van der Waals surface area contributed by atoms with Gasteiger partial charge in [0.2, 0.25) is 10.3 Å². The van der Waals surface area contributed by atoms with E-state index in [1.54, 1.807) is 12.1 Å². The predicted molar refractivity (Wildman–Crippen MR) is 123 cm³/mol. The van der Waals surface area contributed by atoms with Crippen LogP contribution in [0.1, 0.15) is 36.2 Å². The largest absolute Gasteiger partial charge is 0.347 e. The van der Waals surface area contributed by atoms with Crippen LogP contribution < -0.4 is 10.2 Å². The Balaban J connectivity index is 1.54. The van der Waals surface area contributed by atoms with Crippen molar-refractivity contribution in [3.63, 3.8) is 0 Å². The van der Waals surface area contributed by atoms with E-state index in [0.717, 1.165) is 42.5 Å². The molecule has 1 aromatic carbocycles. The lowest BCUT2D eigenvalue weighted by Crippen LogP contribution is -2.29. The van der Waals surface area contributed by atoms with Gasteiger partial charge in [-0.25, -0.2) is 4.39 Å². The third kappa shape index (κ3) is 4.55. The Labute approximate surface area is 189 Å². The van der Waals surface area contributed by atoms with Crippen molar-refractivity contribution >= 4 is 33.6 Å². The van der Waals surface area contributed by atoms with Crippen molar-refractivity contribution in [2.45, 2.75) is 33.1 Å². The molecule has 1 N–H and O–H groups in total. The van der Waals surface area contributed by atoms with Gasteiger partial charge in [-0.3, -0.25) is 10.1 Å². The Morgan fingerprint density at radius 1 is 1.22 bits per heavy atom. The van der Waals surface area contributed by atoms with Gasteiger partial charge in [-0.2, -0.15) is 5.26 Å². The molecule has 0 saturated carbocycles. The average Bonchev–Trinajstić information content (AvgIpc) is 3.36. The number of nitrogens with one attached hydrogen (secondary N) is 1. The summed E-state index contributed by atoms with van der Waals surface area (Å²) in [7, 11) is 0. The van der Waals surface area contributed by atoms with Gasteiger partial charge in [-0.15, -0.1) is 10.2 Å². The SMILES string of the molecule is Cc1cc(/C=C(/C#N)C(=O)Nc2nnc(N3CCCCC3)s2)c(C)n1-c1cccc(F)c1. The zero-order chi connectivity index (χ0) is 22.7. The van der Waals surface area contributed by atoms with E-state index in [9.17, 15) is 14.4 Å². The lowest BCUT2D eigenvalue weighted by Gasteiger charge is -2.25. The van der Waals surface area contributed by atoms with Crippen molar-refractivity contribution in [1.29, 1.82) is 5.26 Å². The molecule has 9 heteroatoms. The number of amides is 1. The number of benzene rings is 1. The number of hydrogen-bond acceptors (Lipinski definition) is 6. The van der Waals surface area contributed by atoms with E-state index < -0.39 is 5.91 Å². The third-order valence-corrected chi connectivity index (χ3v) is 6.36. The highest BCUT2D eigenvalue weighted by Crippen LogP contribution is 2.27. The summed E-state index contributed by atoms with van der Waals surface area (Å²) in [4.78, 5) is 14.9. The first-order chi connectivity index (χ1) is 15.5. The normalized spacial score (nSPS) is 14.3. The Kier molecular flexibility index (Phi) is 6.32. The van der Waals surface area contributed by atoms with Crippen LogP contribution in [0.2, 0.25) is 0 Å². The molecule has 0 radical (unpaired) electrons. The fourth-order valence-electron chi connectivity index (χ4n) is 3.89. The van der Waals surface area contributed by atoms with Crippen LogP contribution in [0.4, 0.5) is 14.7 Å². The molecule has 1 saturated heterocycles. The predicted octanol–water partition coefficient (Wildman–Crippen LogP) is 4.62. The molecule has 32 heavy (non-hydrogen) atoms. The number of carbonyl (C=O) groups excluding carboxylic acids is 1. The topological polar surface area (TPSA) is 86.8 Å². The maximum atomic E-state index is 13.7. The Morgan fingerprint density at radius 3 is 2.72 bits per heavy atom. The number of aromatic nitrogens is 3. The lowest BCUT2D eigenvalue weighted by atomic mass is 10.1. The van der Waals surface area contributed by atoms with Gasteiger partial charge < -0.3 is 9.47 Å². The van der Waals surface area contributed by atoms with E-state index in [-0.39, 0.29) is 11.4 Å². The molecule has 164 valence electrons. The number of hydrogen-bond donors (Lipinski definition) is 1. The van der Waals surface area contributed by atoms with Crippen molar-refractivity contribution in [2.75, 3.05) is 23.3 Å². The molecule has 4 rings (SSSR count). The van der Waals surface area contributed by atoms with Gasteiger partial charge >= 0.3 is 0 Å². The smallest absolute Gasteiger partial charge is 0.268 e. The molecule has 0 spiro atoms. The minimum Gasteiger partial charge on any atom is -0.347 e. The molecule has 7 nitrogen and oxygen atoms in total. The maximum Gasteiger partial charge on any atom is 0.268 e. The van der Waals surface area contributed by atoms with Crippen LogP contribution in [0.3, 0.4) is 0 Å². The number of nitrogens with zero attached hydrogens (tertiary/aromatic N) is 5. The molecule has 0 unspecified atom stereocenters. The van der Waals surface area contributed by atoms with Crippen LogP contribution in [0.25, 0.3) is 11.8 Å². The molecule has 1 amide bonds. The van der Waals surface area contributed by atoms with E-state index in [1.807, 2.05) is 36.6 Å². The van der Waals surface area contributed by atoms with Crippen LogP contribution in [-0.4, -0.2) is 33.8 Å². The molecule has 0 bridgehead atoms. The number of anilines is 2. The summed E-state index contributed by atoms with van der Waals surface area (Å²) in [5.41, 5.74) is 3.02. The first-order valence-electron chi connectivity index (χ1n) is 10.4. The molecule has 0 atom stereocenters. The number of rotatable bonds is 5. The van der Waals surface area contributed by atoms with Gasteiger partial charge in [0.15, 0.2) is 0 Å². The fraction of sp³-hybridized carbons (Fsp3) is 0.304. The summed E-state index contributed by atoms with van der Waals surface area (Å²) in [5, 5.41) is 21.6. The first-order valence-corrected chi connectivity index (χ1v) is 11.2. The van der Waals surface area contributed by atoms with Crippen molar-refractivity contribution < 1.29 is 9.18 Å². The zero-order valence-electron chi connectivity index (χ0n) is 17.9. The Hall–Kier alpha value is -3.51. The van der Waals surface area contributed by atoms with E-state index in [1.165, 1.54) is 29.9 Å². The molecule has 1 aliphatic rings. The second-order valence-electron chi connectivity index (χ2n) is 7.70. The summed E-state index contributed by atoms with van der Waals surface area (Å²) in [5.74, 6) is -0.866. The number of halogens is 1. The molecule has 0 aliphatic carbocycles. The second kappa shape index (κ2) is 9.32. The minimum atomic E-state index is -0.538. The van der Waals surface area contributed by atoms with E-state index in [2.05, 4.69) is 20.4 Å². The van der Waals surface area contributed by atoms with E-state index in [0.29, 0.717) is 16.4 Å². The summed E-state index contributed by atoms with van der Waals surface area (Å²) in [6, 6.07) is 10.1. The van der Waals surface area contributed by atoms with Crippen molar-refractivity contribution in [2.24, 2.45) is 0 Å². The van der Waals surface area contributed by atoms with Crippen molar-refractivity contribution in [3.8, 4) is 11.8 Å². The van der Waals surface area contributed by atoms with Gasteiger partial charge in [0.25, 0.3) is 5.91 Å². The van der Waals surface area contributed by atoms with Gasteiger partial charge in [-0.1, -0.05) is 17.4 Å². The molecule has 3 heterocycles. The van der Waals surface area contributed by atoms with Gasteiger partial charge in [0.05, 0.1) is 0 Å². The first kappa shape index (κ1) is 21.7. The quantitative estimate of drug-likeness (QED) is 0.453. The molecule has 1 aliphatic heterocycles. The van der Waals surface area contributed by atoms with Gasteiger partial charge in [-0.05, 0) is 69.0 Å².